The molecule has 1 unspecified atom stereocenters. The Hall–Kier alpha value is -2.78. The zero-order valence-corrected chi connectivity index (χ0v) is 11.2. The molecule has 2 rings (SSSR count). The number of nitrogens with one attached hydrogen (secondary N) is 2. The Bertz CT molecular complexity index is 625. The van der Waals surface area contributed by atoms with Crippen LogP contribution in [-0.2, 0) is 7.05 Å². The number of anilines is 2. The molecule has 10 nitrogen and oxygen atoms in total. The standard InChI is InChI=1S/C10H14N8O2/c1-6(9-16-13-5-17(9)3)14-8-7(18(19)20)4-12-10(11-2)15-8/h4-6H,1-3H3,(H2,11,12,14,15). The molecule has 20 heavy (non-hydrogen) atoms. The van der Waals surface area contributed by atoms with Crippen LogP contribution in [0.3, 0.4) is 0 Å². The summed E-state index contributed by atoms with van der Waals surface area (Å²) in [6, 6.07) is -0.291. The smallest absolute Gasteiger partial charge is 0.329 e. The fraction of sp³-hybridized carbons (Fsp3) is 0.400. The van der Waals surface area contributed by atoms with Crippen LogP contribution in [0.4, 0.5) is 17.5 Å². The lowest BCUT2D eigenvalue weighted by atomic mass is 10.3. The third-order valence-electron chi connectivity index (χ3n) is 2.68. The van der Waals surface area contributed by atoms with Crippen LogP contribution in [0, 0.1) is 10.1 Å². The average Bonchev–Trinajstić information content (AvgIpc) is 2.84. The molecule has 0 fully saturated rings. The SMILES string of the molecule is CNc1ncc([N+](=O)[O-])c(NC(C)c2nncn2C)n1. The monoisotopic (exact) mass is 278 g/mol. The summed E-state index contributed by atoms with van der Waals surface area (Å²) in [6.07, 6.45) is 2.71. The maximum absolute atomic E-state index is 11.0. The van der Waals surface area contributed by atoms with Crippen molar-refractivity contribution in [2.75, 3.05) is 17.7 Å². The van der Waals surface area contributed by atoms with Crippen molar-refractivity contribution in [3.8, 4) is 0 Å². The predicted molar refractivity (Wildman–Crippen MR) is 71.3 cm³/mol. The zero-order valence-electron chi connectivity index (χ0n) is 11.2. The summed E-state index contributed by atoms with van der Waals surface area (Å²) < 4.78 is 1.73. The second kappa shape index (κ2) is 5.47. The number of aromatic nitrogens is 5. The topological polar surface area (TPSA) is 124 Å². The minimum absolute atomic E-state index is 0.129. The zero-order chi connectivity index (χ0) is 14.7. The molecule has 2 aromatic heterocycles. The number of nitrogens with zero attached hydrogens (tertiary/aromatic N) is 6. The molecule has 10 heteroatoms. The van der Waals surface area contributed by atoms with Gasteiger partial charge in [0.1, 0.15) is 12.5 Å². The molecule has 2 heterocycles. The first kappa shape index (κ1) is 13.6. The lowest BCUT2D eigenvalue weighted by Crippen LogP contribution is -2.14. The van der Waals surface area contributed by atoms with E-state index in [-0.39, 0.29) is 17.5 Å². The maximum Gasteiger partial charge on any atom is 0.329 e. The summed E-state index contributed by atoms with van der Waals surface area (Å²) in [5.41, 5.74) is -0.196. The number of aryl methyl sites for hydroxylation is 1. The van der Waals surface area contributed by atoms with E-state index in [0.717, 1.165) is 6.20 Å². The van der Waals surface area contributed by atoms with E-state index in [1.54, 1.807) is 25.0 Å². The molecule has 2 aromatic rings. The van der Waals surface area contributed by atoms with Gasteiger partial charge >= 0.3 is 5.69 Å². The normalized spacial score (nSPS) is 11.9. The molecular weight excluding hydrogens is 264 g/mol. The third-order valence-corrected chi connectivity index (χ3v) is 2.68. The van der Waals surface area contributed by atoms with Crippen LogP contribution in [-0.4, -0.2) is 36.7 Å². The molecule has 0 spiro atoms. The maximum atomic E-state index is 11.0. The fourth-order valence-electron chi connectivity index (χ4n) is 1.69. The molecule has 0 aliphatic rings. The van der Waals surface area contributed by atoms with Crippen LogP contribution in [0.25, 0.3) is 0 Å². The van der Waals surface area contributed by atoms with Gasteiger partial charge in [0.2, 0.25) is 11.8 Å². The molecule has 0 saturated heterocycles. The van der Waals surface area contributed by atoms with Gasteiger partial charge < -0.3 is 15.2 Å². The van der Waals surface area contributed by atoms with Gasteiger partial charge in [-0.2, -0.15) is 4.98 Å². The summed E-state index contributed by atoms with van der Waals surface area (Å²) in [4.78, 5) is 18.3. The molecule has 1 atom stereocenters. The number of hydrogen-bond donors (Lipinski definition) is 2. The Balaban J connectivity index is 2.32. The fourth-order valence-corrected chi connectivity index (χ4v) is 1.69. The average molecular weight is 278 g/mol. The molecule has 0 bridgehead atoms. The van der Waals surface area contributed by atoms with Gasteiger partial charge in [0.05, 0.1) is 11.0 Å². The van der Waals surface area contributed by atoms with Crippen molar-refractivity contribution in [1.82, 2.24) is 24.7 Å². The molecule has 0 aliphatic heterocycles. The summed E-state index contributed by atoms with van der Waals surface area (Å²) in [7, 11) is 3.43. The second-order valence-electron chi connectivity index (χ2n) is 4.10. The van der Waals surface area contributed by atoms with Gasteiger partial charge in [0.15, 0.2) is 5.82 Å². The van der Waals surface area contributed by atoms with Gasteiger partial charge in [-0.25, -0.2) is 4.98 Å². The highest BCUT2D eigenvalue weighted by atomic mass is 16.6. The van der Waals surface area contributed by atoms with E-state index in [2.05, 4.69) is 30.8 Å². The summed E-state index contributed by atoms with van der Waals surface area (Å²) in [5, 5.41) is 24.4. The van der Waals surface area contributed by atoms with Crippen LogP contribution < -0.4 is 10.6 Å². The molecule has 0 amide bonds. The second-order valence-corrected chi connectivity index (χ2v) is 4.10. The third kappa shape index (κ3) is 2.63. The van der Waals surface area contributed by atoms with Crippen molar-refractivity contribution >= 4 is 17.5 Å². The van der Waals surface area contributed by atoms with E-state index in [0.29, 0.717) is 11.8 Å². The van der Waals surface area contributed by atoms with Crippen LogP contribution in [0.1, 0.15) is 18.8 Å². The van der Waals surface area contributed by atoms with Gasteiger partial charge in [-0.3, -0.25) is 10.1 Å². The van der Waals surface area contributed by atoms with E-state index in [9.17, 15) is 10.1 Å². The summed E-state index contributed by atoms with van der Waals surface area (Å²) >= 11 is 0. The predicted octanol–water partition coefficient (Wildman–Crippen LogP) is 0.728. The molecule has 106 valence electrons. The Labute approximate surface area is 114 Å². The highest BCUT2D eigenvalue weighted by molar-refractivity contribution is 5.57. The van der Waals surface area contributed by atoms with Crippen molar-refractivity contribution in [3.05, 3.63) is 28.5 Å². The molecule has 0 radical (unpaired) electrons. The van der Waals surface area contributed by atoms with Crippen LogP contribution >= 0.6 is 0 Å². The Morgan fingerprint density at radius 2 is 2.25 bits per heavy atom. The first-order valence-electron chi connectivity index (χ1n) is 5.82. The number of hydrogen-bond acceptors (Lipinski definition) is 8. The van der Waals surface area contributed by atoms with Crippen molar-refractivity contribution in [3.63, 3.8) is 0 Å². The van der Waals surface area contributed by atoms with Crippen LogP contribution in [0.2, 0.25) is 0 Å². The van der Waals surface area contributed by atoms with Crippen molar-refractivity contribution in [2.45, 2.75) is 13.0 Å². The summed E-state index contributed by atoms with van der Waals surface area (Å²) in [6.45, 7) is 1.81. The van der Waals surface area contributed by atoms with E-state index in [4.69, 9.17) is 0 Å². The van der Waals surface area contributed by atoms with Crippen molar-refractivity contribution in [1.29, 1.82) is 0 Å². The lowest BCUT2D eigenvalue weighted by Gasteiger charge is -2.13. The van der Waals surface area contributed by atoms with Gasteiger partial charge in [0, 0.05) is 14.1 Å². The van der Waals surface area contributed by atoms with Gasteiger partial charge in [0.25, 0.3) is 0 Å². The molecule has 0 aliphatic carbocycles. The quantitative estimate of drug-likeness (QED) is 0.605. The van der Waals surface area contributed by atoms with Crippen LogP contribution in [0.15, 0.2) is 12.5 Å². The first-order chi connectivity index (χ1) is 9.52. The minimum Gasteiger partial charge on any atom is -0.357 e. The highest BCUT2D eigenvalue weighted by Crippen LogP contribution is 2.25. The van der Waals surface area contributed by atoms with E-state index < -0.39 is 4.92 Å². The van der Waals surface area contributed by atoms with E-state index in [1.165, 1.54) is 0 Å². The van der Waals surface area contributed by atoms with Gasteiger partial charge in [-0.05, 0) is 6.92 Å². The van der Waals surface area contributed by atoms with Gasteiger partial charge in [-0.15, -0.1) is 10.2 Å². The molecule has 0 aromatic carbocycles. The number of nitro groups is 1. The van der Waals surface area contributed by atoms with E-state index >= 15 is 0 Å². The molecule has 2 N–H and O–H groups in total. The summed E-state index contributed by atoms with van der Waals surface area (Å²) in [5.74, 6) is 1.07. The number of rotatable bonds is 5. The van der Waals surface area contributed by atoms with Crippen molar-refractivity contribution < 1.29 is 4.92 Å². The van der Waals surface area contributed by atoms with Crippen molar-refractivity contribution in [2.24, 2.45) is 7.05 Å². The molecule has 0 saturated carbocycles. The lowest BCUT2D eigenvalue weighted by molar-refractivity contribution is -0.384. The van der Waals surface area contributed by atoms with Gasteiger partial charge in [-0.1, -0.05) is 0 Å². The first-order valence-corrected chi connectivity index (χ1v) is 5.82. The Morgan fingerprint density at radius 1 is 1.50 bits per heavy atom. The molecular formula is C10H14N8O2. The van der Waals surface area contributed by atoms with E-state index in [1.807, 2.05) is 6.92 Å². The highest BCUT2D eigenvalue weighted by Gasteiger charge is 2.21. The Kier molecular flexibility index (Phi) is 3.73. The largest absolute Gasteiger partial charge is 0.357 e. The van der Waals surface area contributed by atoms with Crippen LogP contribution in [0.5, 0.6) is 0 Å². The minimum atomic E-state index is -0.537. The Morgan fingerprint density at radius 3 is 2.80 bits per heavy atom.